The molecule has 2 aromatic rings. The number of rotatable bonds is 4. The Morgan fingerprint density at radius 3 is 2.65 bits per heavy atom. The predicted molar refractivity (Wildman–Crippen MR) is 101 cm³/mol. The number of aromatic nitrogens is 2. The smallest absolute Gasteiger partial charge is 0.221 e. The minimum atomic E-state index is 0.251. The van der Waals surface area contributed by atoms with Crippen molar-refractivity contribution < 1.29 is 4.74 Å². The SMILES string of the molecule is Cc1c(Nc2ccc(C#N)cc2Cl)ncnc1OC1CC2CCC(C2)C1. The molecule has 134 valence electrons. The van der Waals surface area contributed by atoms with Gasteiger partial charge in [0.25, 0.3) is 0 Å². The van der Waals surface area contributed by atoms with Gasteiger partial charge in [0.1, 0.15) is 18.2 Å². The van der Waals surface area contributed by atoms with E-state index in [1.807, 2.05) is 6.92 Å². The van der Waals surface area contributed by atoms with Gasteiger partial charge in [-0.15, -0.1) is 0 Å². The zero-order valence-corrected chi connectivity index (χ0v) is 15.5. The molecule has 2 aliphatic carbocycles. The first-order chi connectivity index (χ1) is 12.6. The quantitative estimate of drug-likeness (QED) is 0.821. The third kappa shape index (κ3) is 3.47. The zero-order chi connectivity index (χ0) is 18.1. The van der Waals surface area contributed by atoms with E-state index in [-0.39, 0.29) is 6.10 Å². The van der Waals surface area contributed by atoms with Crippen molar-refractivity contribution in [3.63, 3.8) is 0 Å². The van der Waals surface area contributed by atoms with E-state index >= 15 is 0 Å². The number of anilines is 2. The highest BCUT2D eigenvalue weighted by atomic mass is 35.5. The molecule has 1 heterocycles. The largest absolute Gasteiger partial charge is 0.474 e. The third-order valence-corrected chi connectivity index (χ3v) is 5.82. The van der Waals surface area contributed by atoms with Crippen molar-refractivity contribution in [2.75, 3.05) is 5.32 Å². The molecule has 0 saturated heterocycles. The highest BCUT2D eigenvalue weighted by molar-refractivity contribution is 6.33. The molecule has 26 heavy (non-hydrogen) atoms. The van der Waals surface area contributed by atoms with Gasteiger partial charge in [-0.1, -0.05) is 24.4 Å². The molecule has 2 unspecified atom stereocenters. The first-order valence-electron chi connectivity index (χ1n) is 9.07. The van der Waals surface area contributed by atoms with Gasteiger partial charge < -0.3 is 10.1 Å². The van der Waals surface area contributed by atoms with E-state index < -0.39 is 0 Å². The predicted octanol–water partition coefficient (Wildman–Crippen LogP) is 5.01. The van der Waals surface area contributed by atoms with Gasteiger partial charge in [-0.25, -0.2) is 9.97 Å². The second kappa shape index (κ2) is 7.13. The number of fused-ring (bicyclic) bond motifs is 2. The molecule has 4 rings (SSSR count). The lowest BCUT2D eigenvalue weighted by atomic mass is 9.87. The topological polar surface area (TPSA) is 70.8 Å². The number of nitrogens with zero attached hydrogens (tertiary/aromatic N) is 3. The number of nitrogens with one attached hydrogen (secondary N) is 1. The fourth-order valence-corrected chi connectivity index (χ4v) is 4.42. The minimum absolute atomic E-state index is 0.251. The Bertz CT molecular complexity index is 851. The van der Waals surface area contributed by atoms with Gasteiger partial charge in [0, 0.05) is 0 Å². The average molecular weight is 369 g/mol. The maximum atomic E-state index is 8.95. The zero-order valence-electron chi connectivity index (χ0n) is 14.7. The second-order valence-corrected chi connectivity index (χ2v) is 7.75. The first kappa shape index (κ1) is 17.1. The van der Waals surface area contributed by atoms with E-state index in [4.69, 9.17) is 21.6 Å². The van der Waals surface area contributed by atoms with Crippen molar-refractivity contribution in [1.82, 2.24) is 9.97 Å². The van der Waals surface area contributed by atoms with Gasteiger partial charge in [-0.05, 0) is 56.2 Å². The molecule has 5 nitrogen and oxygen atoms in total. The lowest BCUT2D eigenvalue weighted by Crippen LogP contribution is -2.26. The van der Waals surface area contributed by atoms with E-state index in [9.17, 15) is 0 Å². The Balaban J connectivity index is 1.51. The Kier molecular flexibility index (Phi) is 4.69. The molecule has 2 aliphatic rings. The lowest BCUT2D eigenvalue weighted by Gasteiger charge is -2.28. The monoisotopic (exact) mass is 368 g/mol. The standard InChI is InChI=1S/C20H21ClN4O/c1-12-19(25-18-5-4-15(10-22)9-17(18)21)23-11-24-20(12)26-16-7-13-2-3-14(6-13)8-16/h4-5,9,11,13-14,16H,2-3,6-8H2,1H3,(H,23,24,25). The maximum Gasteiger partial charge on any atom is 0.221 e. The Morgan fingerprint density at radius 2 is 1.96 bits per heavy atom. The molecule has 2 fully saturated rings. The Labute approximate surface area is 158 Å². The summed E-state index contributed by atoms with van der Waals surface area (Å²) in [5.74, 6) is 2.94. The lowest BCUT2D eigenvalue weighted by molar-refractivity contribution is 0.113. The van der Waals surface area contributed by atoms with E-state index in [1.54, 1.807) is 18.2 Å². The highest BCUT2D eigenvalue weighted by Gasteiger charge is 2.35. The van der Waals surface area contributed by atoms with Crippen LogP contribution in [0.1, 0.15) is 43.2 Å². The van der Waals surface area contributed by atoms with Crippen LogP contribution in [0, 0.1) is 30.1 Å². The van der Waals surface area contributed by atoms with E-state index in [0.29, 0.717) is 28.0 Å². The summed E-state index contributed by atoms with van der Waals surface area (Å²) in [4.78, 5) is 8.67. The summed E-state index contributed by atoms with van der Waals surface area (Å²) in [5.41, 5.74) is 2.09. The van der Waals surface area contributed by atoms with Gasteiger partial charge in [-0.3, -0.25) is 0 Å². The van der Waals surface area contributed by atoms with Crippen molar-refractivity contribution in [3.05, 3.63) is 40.7 Å². The van der Waals surface area contributed by atoms with E-state index in [1.165, 1.54) is 25.6 Å². The minimum Gasteiger partial charge on any atom is -0.474 e. The molecular formula is C20H21ClN4O. The van der Waals surface area contributed by atoms with Crippen LogP contribution in [0.4, 0.5) is 11.5 Å². The molecule has 6 heteroatoms. The summed E-state index contributed by atoms with van der Waals surface area (Å²) in [6, 6.07) is 7.22. The van der Waals surface area contributed by atoms with Crippen LogP contribution < -0.4 is 10.1 Å². The molecule has 1 N–H and O–H groups in total. The highest BCUT2D eigenvalue weighted by Crippen LogP contribution is 2.43. The molecule has 0 aliphatic heterocycles. The van der Waals surface area contributed by atoms with Crippen LogP contribution in [0.25, 0.3) is 0 Å². The van der Waals surface area contributed by atoms with Gasteiger partial charge in [0.15, 0.2) is 0 Å². The summed E-state index contributed by atoms with van der Waals surface area (Å²) in [6.45, 7) is 1.95. The van der Waals surface area contributed by atoms with E-state index in [0.717, 1.165) is 30.2 Å². The molecule has 2 bridgehead atoms. The van der Waals surface area contributed by atoms with Crippen molar-refractivity contribution in [1.29, 1.82) is 5.26 Å². The summed E-state index contributed by atoms with van der Waals surface area (Å²) < 4.78 is 6.24. The second-order valence-electron chi connectivity index (χ2n) is 7.34. The van der Waals surface area contributed by atoms with E-state index in [2.05, 4.69) is 21.4 Å². The van der Waals surface area contributed by atoms with Gasteiger partial charge in [0.2, 0.25) is 5.88 Å². The summed E-state index contributed by atoms with van der Waals surface area (Å²) >= 11 is 6.26. The normalized spacial score (nSPS) is 24.1. The number of halogens is 1. The number of ether oxygens (including phenoxy) is 1. The fourth-order valence-electron chi connectivity index (χ4n) is 4.19. The van der Waals surface area contributed by atoms with Crippen LogP contribution in [0.15, 0.2) is 24.5 Å². The van der Waals surface area contributed by atoms with Crippen LogP contribution in [0.2, 0.25) is 5.02 Å². The number of hydrogen-bond donors (Lipinski definition) is 1. The third-order valence-electron chi connectivity index (χ3n) is 5.51. The molecule has 1 aromatic carbocycles. The van der Waals surface area contributed by atoms with Gasteiger partial charge >= 0.3 is 0 Å². The van der Waals surface area contributed by atoms with Crippen LogP contribution in [-0.2, 0) is 0 Å². The average Bonchev–Trinajstić information content (AvgIpc) is 2.98. The first-order valence-corrected chi connectivity index (χ1v) is 9.45. The van der Waals surface area contributed by atoms with Gasteiger partial charge in [-0.2, -0.15) is 5.26 Å². The fraction of sp³-hybridized carbons (Fsp3) is 0.450. The van der Waals surface area contributed by atoms with Crippen molar-refractivity contribution in [2.45, 2.75) is 45.1 Å². The number of nitriles is 1. The molecule has 0 radical (unpaired) electrons. The number of hydrogen-bond acceptors (Lipinski definition) is 5. The summed E-state index contributed by atoms with van der Waals surface area (Å²) in [7, 11) is 0. The molecule has 0 spiro atoms. The maximum absolute atomic E-state index is 8.95. The summed E-state index contributed by atoms with van der Waals surface area (Å²) in [6.07, 6.45) is 8.08. The molecule has 2 atom stereocenters. The Hall–Kier alpha value is -2.32. The van der Waals surface area contributed by atoms with Crippen LogP contribution in [0.5, 0.6) is 5.88 Å². The molecular weight excluding hydrogens is 348 g/mol. The molecule has 2 saturated carbocycles. The Morgan fingerprint density at radius 1 is 1.19 bits per heavy atom. The molecule has 1 aromatic heterocycles. The van der Waals surface area contributed by atoms with Crippen LogP contribution >= 0.6 is 11.6 Å². The van der Waals surface area contributed by atoms with Gasteiger partial charge in [0.05, 0.1) is 27.9 Å². The van der Waals surface area contributed by atoms with Crippen LogP contribution in [-0.4, -0.2) is 16.1 Å². The number of benzene rings is 1. The van der Waals surface area contributed by atoms with Crippen molar-refractivity contribution in [3.8, 4) is 11.9 Å². The summed E-state index contributed by atoms with van der Waals surface area (Å²) in [5, 5.41) is 12.7. The molecule has 0 amide bonds. The van der Waals surface area contributed by atoms with Crippen LogP contribution in [0.3, 0.4) is 0 Å². The van der Waals surface area contributed by atoms with Crippen molar-refractivity contribution in [2.24, 2.45) is 11.8 Å². The van der Waals surface area contributed by atoms with Crippen molar-refractivity contribution >= 4 is 23.1 Å².